The van der Waals surface area contributed by atoms with E-state index in [2.05, 4.69) is 5.32 Å². The molecule has 0 heterocycles. The fourth-order valence-corrected chi connectivity index (χ4v) is 1.96. The van der Waals surface area contributed by atoms with Crippen molar-refractivity contribution in [3.8, 4) is 5.75 Å². The minimum atomic E-state index is -0.517. The van der Waals surface area contributed by atoms with Crippen molar-refractivity contribution in [2.45, 2.75) is 13.0 Å². The summed E-state index contributed by atoms with van der Waals surface area (Å²) in [6.45, 7) is 1.78. The summed E-state index contributed by atoms with van der Waals surface area (Å²) < 4.78 is 13.7. The van der Waals surface area contributed by atoms with E-state index in [0.29, 0.717) is 16.8 Å². The van der Waals surface area contributed by atoms with Crippen LogP contribution in [0.4, 0.5) is 10.1 Å². The third-order valence-corrected chi connectivity index (χ3v) is 2.98. The molecule has 4 N–H and O–H groups in total. The van der Waals surface area contributed by atoms with Crippen molar-refractivity contribution >= 4 is 11.6 Å². The summed E-state index contributed by atoms with van der Waals surface area (Å²) in [5.41, 5.74) is 6.68. The van der Waals surface area contributed by atoms with E-state index in [1.54, 1.807) is 31.2 Å². The van der Waals surface area contributed by atoms with Crippen molar-refractivity contribution < 1.29 is 14.3 Å². The van der Waals surface area contributed by atoms with Gasteiger partial charge in [0.25, 0.3) is 0 Å². The molecule has 0 radical (unpaired) electrons. The fourth-order valence-electron chi connectivity index (χ4n) is 1.96. The standard InChI is InChI=1S/C15H15FN2O2/c1-9(13-6-5-12(19)8-14(13)16)18-11-4-2-3-10(7-11)15(17)20/h2-9,18-19H,1H3,(H2,17,20). The summed E-state index contributed by atoms with van der Waals surface area (Å²) in [7, 11) is 0. The molecule has 1 unspecified atom stereocenters. The number of aromatic hydroxyl groups is 1. The van der Waals surface area contributed by atoms with Gasteiger partial charge in [0.1, 0.15) is 11.6 Å². The van der Waals surface area contributed by atoms with Crippen LogP contribution >= 0.6 is 0 Å². The van der Waals surface area contributed by atoms with E-state index >= 15 is 0 Å². The molecule has 4 nitrogen and oxygen atoms in total. The minimum absolute atomic E-state index is 0.117. The van der Waals surface area contributed by atoms with Gasteiger partial charge in [0, 0.05) is 22.9 Å². The molecule has 0 saturated heterocycles. The molecule has 5 heteroatoms. The molecule has 0 aliphatic carbocycles. The maximum atomic E-state index is 13.7. The van der Waals surface area contributed by atoms with Gasteiger partial charge < -0.3 is 16.2 Å². The van der Waals surface area contributed by atoms with Crippen molar-refractivity contribution in [3.05, 3.63) is 59.4 Å². The molecule has 20 heavy (non-hydrogen) atoms. The van der Waals surface area contributed by atoms with Crippen LogP contribution in [0.15, 0.2) is 42.5 Å². The Bertz CT molecular complexity index is 644. The summed E-state index contributed by atoms with van der Waals surface area (Å²) in [4.78, 5) is 11.1. The lowest BCUT2D eigenvalue weighted by molar-refractivity contribution is 0.100. The van der Waals surface area contributed by atoms with E-state index in [-0.39, 0.29) is 11.8 Å². The highest BCUT2D eigenvalue weighted by atomic mass is 19.1. The molecule has 1 amide bonds. The van der Waals surface area contributed by atoms with Gasteiger partial charge in [-0.05, 0) is 31.2 Å². The Kier molecular flexibility index (Phi) is 3.89. The monoisotopic (exact) mass is 274 g/mol. The highest BCUT2D eigenvalue weighted by Crippen LogP contribution is 2.24. The van der Waals surface area contributed by atoms with Gasteiger partial charge in [-0.25, -0.2) is 4.39 Å². The van der Waals surface area contributed by atoms with Gasteiger partial charge in [0.2, 0.25) is 5.91 Å². The molecule has 0 fully saturated rings. The molecule has 0 aromatic heterocycles. The van der Waals surface area contributed by atoms with Gasteiger partial charge in [-0.15, -0.1) is 0 Å². The first-order valence-corrected chi connectivity index (χ1v) is 6.12. The fraction of sp³-hybridized carbons (Fsp3) is 0.133. The molecular formula is C15H15FN2O2. The van der Waals surface area contributed by atoms with Crippen LogP contribution < -0.4 is 11.1 Å². The zero-order chi connectivity index (χ0) is 14.7. The molecule has 0 bridgehead atoms. The van der Waals surface area contributed by atoms with E-state index in [1.807, 2.05) is 0 Å². The Balaban J connectivity index is 2.21. The molecule has 2 rings (SSSR count). The largest absolute Gasteiger partial charge is 0.508 e. The van der Waals surface area contributed by atoms with Crippen molar-refractivity contribution in [2.24, 2.45) is 5.73 Å². The highest BCUT2D eigenvalue weighted by Gasteiger charge is 2.12. The van der Waals surface area contributed by atoms with Crippen molar-refractivity contribution in [1.29, 1.82) is 0 Å². The van der Waals surface area contributed by atoms with Gasteiger partial charge in [-0.3, -0.25) is 4.79 Å². The van der Waals surface area contributed by atoms with Crippen LogP contribution in [0.2, 0.25) is 0 Å². The Hall–Kier alpha value is -2.56. The van der Waals surface area contributed by atoms with Crippen LogP contribution in [0.1, 0.15) is 28.9 Å². The van der Waals surface area contributed by atoms with Gasteiger partial charge in [-0.2, -0.15) is 0 Å². The third-order valence-electron chi connectivity index (χ3n) is 2.98. The van der Waals surface area contributed by atoms with E-state index in [9.17, 15) is 14.3 Å². The van der Waals surface area contributed by atoms with Gasteiger partial charge in [-0.1, -0.05) is 12.1 Å². The van der Waals surface area contributed by atoms with Crippen LogP contribution in [-0.4, -0.2) is 11.0 Å². The number of anilines is 1. The van der Waals surface area contributed by atoms with Crippen molar-refractivity contribution in [1.82, 2.24) is 0 Å². The molecule has 2 aromatic rings. The molecule has 0 spiro atoms. The zero-order valence-electron chi connectivity index (χ0n) is 10.9. The summed E-state index contributed by atoms with van der Waals surface area (Å²) >= 11 is 0. The minimum Gasteiger partial charge on any atom is -0.508 e. The Morgan fingerprint density at radius 2 is 2.05 bits per heavy atom. The number of halogens is 1. The molecule has 2 aromatic carbocycles. The number of nitrogens with two attached hydrogens (primary N) is 1. The normalized spacial score (nSPS) is 11.9. The first kappa shape index (κ1) is 13.9. The predicted octanol–water partition coefficient (Wildman–Crippen LogP) is 2.80. The van der Waals surface area contributed by atoms with Crippen LogP contribution in [0.3, 0.4) is 0 Å². The Morgan fingerprint density at radius 3 is 2.70 bits per heavy atom. The lowest BCUT2D eigenvalue weighted by atomic mass is 10.1. The lowest BCUT2D eigenvalue weighted by Crippen LogP contribution is -2.12. The van der Waals surface area contributed by atoms with E-state index in [4.69, 9.17) is 5.73 Å². The predicted molar refractivity (Wildman–Crippen MR) is 75.1 cm³/mol. The van der Waals surface area contributed by atoms with Crippen LogP contribution in [0.5, 0.6) is 5.75 Å². The number of phenolic OH excluding ortho intramolecular Hbond substituents is 1. The number of phenols is 1. The first-order valence-electron chi connectivity index (χ1n) is 6.12. The van der Waals surface area contributed by atoms with Crippen LogP contribution in [0, 0.1) is 5.82 Å². The average molecular weight is 274 g/mol. The van der Waals surface area contributed by atoms with E-state index < -0.39 is 11.7 Å². The quantitative estimate of drug-likeness (QED) is 0.802. The molecule has 104 valence electrons. The van der Waals surface area contributed by atoms with Crippen LogP contribution in [-0.2, 0) is 0 Å². The molecule has 0 saturated carbocycles. The number of amides is 1. The second-order valence-electron chi connectivity index (χ2n) is 4.52. The number of nitrogens with one attached hydrogen (secondary N) is 1. The molecular weight excluding hydrogens is 259 g/mol. The zero-order valence-corrected chi connectivity index (χ0v) is 10.9. The number of primary amides is 1. The molecule has 1 atom stereocenters. The van der Waals surface area contributed by atoms with Crippen molar-refractivity contribution in [3.63, 3.8) is 0 Å². The third kappa shape index (κ3) is 3.06. The Morgan fingerprint density at radius 1 is 1.30 bits per heavy atom. The SMILES string of the molecule is CC(Nc1cccc(C(N)=O)c1)c1ccc(O)cc1F. The first-order chi connectivity index (χ1) is 9.47. The summed E-state index contributed by atoms with van der Waals surface area (Å²) in [5, 5.41) is 12.3. The summed E-state index contributed by atoms with van der Waals surface area (Å²) in [5.74, 6) is -1.12. The molecule has 0 aliphatic heterocycles. The number of carbonyl (C=O) groups excluding carboxylic acids is 1. The lowest BCUT2D eigenvalue weighted by Gasteiger charge is -2.17. The number of carbonyl (C=O) groups is 1. The van der Waals surface area contributed by atoms with Gasteiger partial charge >= 0.3 is 0 Å². The second-order valence-corrected chi connectivity index (χ2v) is 4.52. The Labute approximate surface area is 116 Å². The topological polar surface area (TPSA) is 75.3 Å². The van der Waals surface area contributed by atoms with Gasteiger partial charge in [0.05, 0.1) is 6.04 Å². The number of benzene rings is 2. The van der Waals surface area contributed by atoms with Crippen molar-refractivity contribution in [2.75, 3.05) is 5.32 Å². The average Bonchev–Trinajstić information content (AvgIpc) is 2.38. The van der Waals surface area contributed by atoms with E-state index in [1.165, 1.54) is 12.1 Å². The molecule has 0 aliphatic rings. The van der Waals surface area contributed by atoms with E-state index in [0.717, 1.165) is 6.07 Å². The number of hydrogen-bond donors (Lipinski definition) is 3. The van der Waals surface area contributed by atoms with Crippen LogP contribution in [0.25, 0.3) is 0 Å². The number of rotatable bonds is 4. The smallest absolute Gasteiger partial charge is 0.248 e. The maximum absolute atomic E-state index is 13.7. The second kappa shape index (κ2) is 5.61. The summed E-state index contributed by atoms with van der Waals surface area (Å²) in [6.07, 6.45) is 0. The van der Waals surface area contributed by atoms with Gasteiger partial charge in [0.15, 0.2) is 0 Å². The number of hydrogen-bond acceptors (Lipinski definition) is 3. The maximum Gasteiger partial charge on any atom is 0.248 e. The highest BCUT2D eigenvalue weighted by molar-refractivity contribution is 5.93. The summed E-state index contributed by atoms with van der Waals surface area (Å²) in [6, 6.07) is 10.4.